The van der Waals surface area contributed by atoms with Crippen LogP contribution in [0.25, 0.3) is 0 Å². The highest BCUT2D eigenvalue weighted by molar-refractivity contribution is 5.79. The zero-order valence-corrected chi connectivity index (χ0v) is 10.2. The molecule has 0 aliphatic rings. The van der Waals surface area contributed by atoms with Crippen molar-refractivity contribution in [3.05, 3.63) is 28.8 Å². The van der Waals surface area contributed by atoms with Crippen molar-refractivity contribution in [2.75, 3.05) is 11.9 Å². The average Bonchev–Trinajstić information content (AvgIpc) is 2.19. The number of aryl methyl sites for hydroxylation is 2. The van der Waals surface area contributed by atoms with Crippen molar-refractivity contribution in [3.63, 3.8) is 0 Å². The molecular formula is C13H19NO. The Morgan fingerprint density at radius 2 is 1.80 bits per heavy atom. The van der Waals surface area contributed by atoms with Crippen LogP contribution in [0, 0.1) is 13.8 Å². The lowest BCUT2D eigenvalue weighted by atomic mass is 10.0. The highest BCUT2D eigenvalue weighted by Gasteiger charge is 2.10. The van der Waals surface area contributed by atoms with E-state index in [1.54, 1.807) is 0 Å². The van der Waals surface area contributed by atoms with Crippen molar-refractivity contribution in [3.8, 4) is 0 Å². The highest BCUT2D eigenvalue weighted by Crippen LogP contribution is 2.24. The molecule has 1 aromatic rings. The first-order valence-corrected chi connectivity index (χ1v) is 5.26. The Bertz CT molecular complexity index is 369. The molecule has 2 heteroatoms. The van der Waals surface area contributed by atoms with Crippen molar-refractivity contribution < 1.29 is 4.79 Å². The summed E-state index contributed by atoms with van der Waals surface area (Å²) in [5.41, 5.74) is 4.18. The molecule has 0 aliphatic carbocycles. The predicted octanol–water partition coefficient (Wildman–Crippen LogP) is 2.96. The lowest BCUT2D eigenvalue weighted by Gasteiger charge is -2.26. The molecule has 0 unspecified atom stereocenters. The van der Waals surface area contributed by atoms with Gasteiger partial charge < -0.3 is 4.90 Å². The third kappa shape index (κ3) is 2.38. The number of carbonyl (C=O) groups is 1. The topological polar surface area (TPSA) is 20.3 Å². The van der Waals surface area contributed by atoms with E-state index in [1.165, 1.54) is 5.69 Å². The Balaban J connectivity index is 3.21. The van der Waals surface area contributed by atoms with E-state index in [2.05, 4.69) is 31.9 Å². The third-order valence-corrected chi connectivity index (χ3v) is 2.87. The monoisotopic (exact) mass is 205 g/mol. The molecule has 0 radical (unpaired) electrons. The van der Waals surface area contributed by atoms with Crippen LogP contribution < -0.4 is 4.90 Å². The molecule has 0 spiro atoms. The number of rotatable bonds is 3. The molecule has 0 saturated heterocycles. The Hall–Kier alpha value is -1.31. The van der Waals surface area contributed by atoms with E-state index in [9.17, 15) is 4.79 Å². The molecular weight excluding hydrogens is 186 g/mol. The van der Waals surface area contributed by atoms with Crippen LogP contribution in [0.2, 0.25) is 0 Å². The van der Waals surface area contributed by atoms with Gasteiger partial charge in [-0.2, -0.15) is 0 Å². The third-order valence-electron chi connectivity index (χ3n) is 2.87. The lowest BCUT2D eigenvalue weighted by molar-refractivity contribution is 0.112. The first-order valence-electron chi connectivity index (χ1n) is 5.26. The molecule has 15 heavy (non-hydrogen) atoms. The van der Waals surface area contributed by atoms with Crippen LogP contribution in [0.1, 0.15) is 35.3 Å². The number of anilines is 1. The maximum absolute atomic E-state index is 10.8. The maximum Gasteiger partial charge on any atom is 0.150 e. The summed E-state index contributed by atoms with van der Waals surface area (Å²) in [6.07, 6.45) is 0.918. The molecule has 0 N–H and O–H groups in total. The van der Waals surface area contributed by atoms with Crippen molar-refractivity contribution >= 4 is 12.0 Å². The van der Waals surface area contributed by atoms with Crippen LogP contribution in [0.5, 0.6) is 0 Å². The van der Waals surface area contributed by atoms with Crippen LogP contribution in [0.4, 0.5) is 5.69 Å². The van der Waals surface area contributed by atoms with Gasteiger partial charge in [-0.3, -0.25) is 4.79 Å². The first-order chi connectivity index (χ1) is 6.97. The molecule has 0 atom stereocenters. The van der Waals surface area contributed by atoms with Gasteiger partial charge in [-0.15, -0.1) is 0 Å². The van der Waals surface area contributed by atoms with Gasteiger partial charge in [0, 0.05) is 24.3 Å². The van der Waals surface area contributed by atoms with E-state index in [1.807, 2.05) is 19.9 Å². The summed E-state index contributed by atoms with van der Waals surface area (Å²) in [4.78, 5) is 13.0. The molecule has 0 heterocycles. The Labute approximate surface area is 91.9 Å². The van der Waals surface area contributed by atoms with Gasteiger partial charge >= 0.3 is 0 Å². The molecule has 1 aromatic carbocycles. The molecule has 1 rings (SSSR count). The minimum absolute atomic E-state index is 0.463. The zero-order valence-electron chi connectivity index (χ0n) is 10.2. The number of aldehydes is 1. The van der Waals surface area contributed by atoms with Gasteiger partial charge in [0.25, 0.3) is 0 Å². The van der Waals surface area contributed by atoms with E-state index < -0.39 is 0 Å². The normalized spacial score (nSPS) is 10.5. The zero-order chi connectivity index (χ0) is 11.6. The summed E-state index contributed by atoms with van der Waals surface area (Å²) in [5, 5.41) is 0. The fourth-order valence-corrected chi connectivity index (χ4v) is 1.61. The summed E-state index contributed by atoms with van der Waals surface area (Å²) in [7, 11) is 2.08. The first kappa shape index (κ1) is 11.8. The summed E-state index contributed by atoms with van der Waals surface area (Å²) in [5.74, 6) is 0. The number of hydrogen-bond acceptors (Lipinski definition) is 2. The molecule has 0 bridgehead atoms. The van der Waals surface area contributed by atoms with Crippen LogP contribution in [-0.4, -0.2) is 19.4 Å². The minimum atomic E-state index is 0.463. The lowest BCUT2D eigenvalue weighted by Crippen LogP contribution is -2.26. The van der Waals surface area contributed by atoms with E-state index in [0.717, 1.165) is 23.0 Å². The summed E-state index contributed by atoms with van der Waals surface area (Å²) < 4.78 is 0. The fourth-order valence-electron chi connectivity index (χ4n) is 1.61. The van der Waals surface area contributed by atoms with Crippen molar-refractivity contribution in [2.45, 2.75) is 33.7 Å². The van der Waals surface area contributed by atoms with E-state index in [-0.39, 0.29) is 0 Å². The van der Waals surface area contributed by atoms with Gasteiger partial charge in [-0.1, -0.05) is 0 Å². The van der Waals surface area contributed by atoms with Crippen molar-refractivity contribution in [1.29, 1.82) is 0 Å². The van der Waals surface area contributed by atoms with Gasteiger partial charge in [0.05, 0.1) is 0 Å². The van der Waals surface area contributed by atoms with Crippen molar-refractivity contribution in [1.82, 2.24) is 0 Å². The van der Waals surface area contributed by atoms with Gasteiger partial charge in [-0.25, -0.2) is 0 Å². The molecule has 0 fully saturated rings. The van der Waals surface area contributed by atoms with Crippen LogP contribution in [-0.2, 0) is 0 Å². The van der Waals surface area contributed by atoms with Crippen LogP contribution in [0.15, 0.2) is 12.1 Å². The van der Waals surface area contributed by atoms with Gasteiger partial charge in [0.1, 0.15) is 6.29 Å². The largest absolute Gasteiger partial charge is 0.372 e. The second-order valence-corrected chi connectivity index (χ2v) is 4.32. The van der Waals surface area contributed by atoms with E-state index >= 15 is 0 Å². The van der Waals surface area contributed by atoms with Gasteiger partial charge in [0.2, 0.25) is 0 Å². The molecule has 0 aliphatic heterocycles. The number of benzene rings is 1. The summed E-state index contributed by atoms with van der Waals surface area (Å²) in [6.45, 7) is 8.33. The SMILES string of the molecule is Cc1cc(N(C)C(C)C)c(C)cc1C=O. The van der Waals surface area contributed by atoms with E-state index in [4.69, 9.17) is 0 Å². The second-order valence-electron chi connectivity index (χ2n) is 4.32. The van der Waals surface area contributed by atoms with Crippen molar-refractivity contribution in [2.24, 2.45) is 0 Å². The highest BCUT2D eigenvalue weighted by atomic mass is 16.1. The number of nitrogens with zero attached hydrogens (tertiary/aromatic N) is 1. The molecule has 0 saturated carbocycles. The average molecular weight is 205 g/mol. The number of carbonyl (C=O) groups excluding carboxylic acids is 1. The van der Waals surface area contributed by atoms with Gasteiger partial charge in [0.15, 0.2) is 0 Å². The molecule has 0 aromatic heterocycles. The Kier molecular flexibility index (Phi) is 3.51. The standard InChI is InChI=1S/C13H19NO/c1-9(2)14(5)13-7-10(3)12(8-15)6-11(13)4/h6-9H,1-5H3. The molecule has 0 amide bonds. The van der Waals surface area contributed by atoms with E-state index in [0.29, 0.717) is 6.04 Å². The Morgan fingerprint density at radius 1 is 1.20 bits per heavy atom. The second kappa shape index (κ2) is 4.47. The summed E-state index contributed by atoms with van der Waals surface area (Å²) >= 11 is 0. The molecule has 2 nitrogen and oxygen atoms in total. The van der Waals surface area contributed by atoms with Crippen LogP contribution in [0.3, 0.4) is 0 Å². The minimum Gasteiger partial charge on any atom is -0.372 e. The molecule has 82 valence electrons. The van der Waals surface area contributed by atoms with Gasteiger partial charge in [-0.05, 0) is 51.0 Å². The predicted molar refractivity (Wildman–Crippen MR) is 64.8 cm³/mol. The number of hydrogen-bond donors (Lipinski definition) is 0. The van der Waals surface area contributed by atoms with Crippen LogP contribution >= 0.6 is 0 Å². The maximum atomic E-state index is 10.8. The Morgan fingerprint density at radius 3 is 2.27 bits per heavy atom. The smallest absolute Gasteiger partial charge is 0.150 e. The fraction of sp³-hybridized carbons (Fsp3) is 0.462. The summed E-state index contributed by atoms with van der Waals surface area (Å²) in [6, 6.07) is 4.50. The quantitative estimate of drug-likeness (QED) is 0.707.